The van der Waals surface area contributed by atoms with Crippen molar-refractivity contribution >= 4 is 34.8 Å². The van der Waals surface area contributed by atoms with E-state index in [2.05, 4.69) is 20.4 Å². The van der Waals surface area contributed by atoms with Crippen LogP contribution in [0.1, 0.15) is 40.5 Å². The van der Waals surface area contributed by atoms with Crippen LogP contribution in [0.3, 0.4) is 0 Å². The summed E-state index contributed by atoms with van der Waals surface area (Å²) in [5.41, 5.74) is 2.48. The van der Waals surface area contributed by atoms with E-state index in [0.717, 1.165) is 18.4 Å². The lowest BCUT2D eigenvalue weighted by molar-refractivity contribution is -0.127. The summed E-state index contributed by atoms with van der Waals surface area (Å²) in [4.78, 5) is 26.7. The van der Waals surface area contributed by atoms with E-state index in [1.54, 1.807) is 35.0 Å². The van der Waals surface area contributed by atoms with Gasteiger partial charge >= 0.3 is 0 Å². The van der Waals surface area contributed by atoms with E-state index >= 15 is 0 Å². The van der Waals surface area contributed by atoms with E-state index < -0.39 is 11.3 Å². The summed E-state index contributed by atoms with van der Waals surface area (Å²) < 4.78 is 23.7. The summed E-state index contributed by atoms with van der Waals surface area (Å²) in [6, 6.07) is 16.1. The zero-order chi connectivity index (χ0) is 24.6. The van der Waals surface area contributed by atoms with Gasteiger partial charge in [0.2, 0.25) is 5.91 Å². The molecule has 0 aliphatic carbocycles. The molecule has 2 heterocycles. The molecule has 3 N–H and O–H groups in total. The second-order valence-electron chi connectivity index (χ2n) is 8.10. The van der Waals surface area contributed by atoms with E-state index in [4.69, 9.17) is 4.55 Å². The first kappa shape index (κ1) is 24.3. The molecule has 3 aromatic rings. The SMILES string of the molecule is O=C(NCc1cn(C2CCN(C(=O)/C=C/c3ccccc3)CC2)nn1)c1ccc(NS(=O)O)cc1. The molecule has 1 saturated heterocycles. The molecule has 1 aliphatic rings. The van der Waals surface area contributed by atoms with Gasteiger partial charge in [-0.3, -0.25) is 18.9 Å². The second kappa shape index (κ2) is 11.5. The smallest absolute Gasteiger partial charge is 0.259 e. The number of carbonyl (C=O) groups excluding carboxylic acids is 2. The van der Waals surface area contributed by atoms with Crippen LogP contribution >= 0.6 is 0 Å². The van der Waals surface area contributed by atoms with E-state index in [1.807, 2.05) is 47.5 Å². The molecule has 1 unspecified atom stereocenters. The van der Waals surface area contributed by atoms with Crippen LogP contribution in [-0.2, 0) is 22.6 Å². The number of likely N-dealkylation sites (tertiary alicyclic amines) is 1. The molecule has 0 radical (unpaired) electrons. The minimum atomic E-state index is -2.17. The van der Waals surface area contributed by atoms with Gasteiger partial charge in [0.05, 0.1) is 18.8 Å². The van der Waals surface area contributed by atoms with Gasteiger partial charge in [-0.05, 0) is 48.7 Å². The highest BCUT2D eigenvalue weighted by Gasteiger charge is 2.23. The van der Waals surface area contributed by atoms with Gasteiger partial charge in [-0.15, -0.1) is 5.10 Å². The largest absolute Gasteiger partial charge is 0.346 e. The topological polar surface area (TPSA) is 129 Å². The fourth-order valence-corrected chi connectivity index (χ4v) is 4.16. The number of benzene rings is 2. The number of aromatic nitrogens is 3. The minimum Gasteiger partial charge on any atom is -0.346 e. The highest BCUT2D eigenvalue weighted by molar-refractivity contribution is 7.80. The fourth-order valence-electron chi connectivity index (χ4n) is 3.82. The van der Waals surface area contributed by atoms with Gasteiger partial charge in [0, 0.05) is 30.4 Å². The molecule has 1 fully saturated rings. The predicted octanol–water partition coefficient (Wildman–Crippen LogP) is 2.63. The quantitative estimate of drug-likeness (QED) is 0.326. The Morgan fingerprint density at radius 2 is 1.80 bits per heavy atom. The van der Waals surface area contributed by atoms with Gasteiger partial charge in [-0.25, -0.2) is 8.89 Å². The molecule has 1 atom stereocenters. The zero-order valence-electron chi connectivity index (χ0n) is 18.9. The van der Waals surface area contributed by atoms with E-state index in [-0.39, 0.29) is 24.4 Å². The van der Waals surface area contributed by atoms with Gasteiger partial charge in [0.1, 0.15) is 5.69 Å². The Morgan fingerprint density at radius 3 is 2.49 bits per heavy atom. The molecule has 1 aliphatic heterocycles. The van der Waals surface area contributed by atoms with Crippen LogP contribution in [0, 0.1) is 0 Å². The van der Waals surface area contributed by atoms with Crippen molar-refractivity contribution in [3.8, 4) is 0 Å². The molecule has 2 amide bonds. The van der Waals surface area contributed by atoms with Crippen LogP contribution in [0.4, 0.5) is 5.69 Å². The first-order chi connectivity index (χ1) is 17.0. The van der Waals surface area contributed by atoms with Crippen LogP contribution in [0.2, 0.25) is 0 Å². The summed E-state index contributed by atoms with van der Waals surface area (Å²) >= 11 is -2.17. The molecule has 1 aromatic heterocycles. The maximum Gasteiger partial charge on any atom is 0.259 e. The van der Waals surface area contributed by atoms with Crippen molar-refractivity contribution in [1.82, 2.24) is 25.2 Å². The molecule has 0 spiro atoms. The van der Waals surface area contributed by atoms with Crippen molar-refractivity contribution in [3.05, 3.63) is 83.7 Å². The Kier molecular flexibility index (Phi) is 8.01. The van der Waals surface area contributed by atoms with Crippen molar-refractivity contribution in [2.24, 2.45) is 0 Å². The van der Waals surface area contributed by atoms with Gasteiger partial charge in [0.25, 0.3) is 17.2 Å². The molecule has 35 heavy (non-hydrogen) atoms. The lowest BCUT2D eigenvalue weighted by Crippen LogP contribution is -2.38. The third kappa shape index (κ3) is 6.84. The average Bonchev–Trinajstić information content (AvgIpc) is 3.36. The third-order valence-corrected chi connectivity index (χ3v) is 6.12. The van der Waals surface area contributed by atoms with Crippen LogP contribution in [0.15, 0.2) is 66.9 Å². The maximum atomic E-state index is 12.5. The molecular weight excluding hydrogens is 468 g/mol. The Bertz CT molecular complexity index is 1200. The summed E-state index contributed by atoms with van der Waals surface area (Å²) in [6.07, 6.45) is 6.82. The van der Waals surface area contributed by atoms with Crippen LogP contribution < -0.4 is 10.0 Å². The number of rotatable bonds is 8. The molecule has 0 bridgehead atoms. The average molecular weight is 495 g/mol. The van der Waals surface area contributed by atoms with Gasteiger partial charge in [-0.1, -0.05) is 35.5 Å². The molecule has 182 valence electrons. The Morgan fingerprint density at radius 1 is 1.09 bits per heavy atom. The normalized spacial score (nSPS) is 15.2. The van der Waals surface area contributed by atoms with Crippen LogP contribution in [-0.4, -0.2) is 53.6 Å². The molecule has 10 nitrogen and oxygen atoms in total. The summed E-state index contributed by atoms with van der Waals surface area (Å²) in [5.74, 6) is -0.283. The first-order valence-corrected chi connectivity index (χ1v) is 12.3. The van der Waals surface area contributed by atoms with Crippen molar-refractivity contribution in [3.63, 3.8) is 0 Å². The second-order valence-corrected chi connectivity index (χ2v) is 8.80. The number of hydrogen-bond acceptors (Lipinski definition) is 5. The maximum absolute atomic E-state index is 12.5. The molecule has 2 aromatic carbocycles. The van der Waals surface area contributed by atoms with Crippen LogP contribution in [0.5, 0.6) is 0 Å². The lowest BCUT2D eigenvalue weighted by atomic mass is 10.1. The molecule has 0 saturated carbocycles. The molecular formula is C24H26N6O4S. The number of piperidine rings is 1. The minimum absolute atomic E-state index is 0.00253. The van der Waals surface area contributed by atoms with Crippen molar-refractivity contribution in [2.75, 3.05) is 17.8 Å². The highest BCUT2D eigenvalue weighted by Crippen LogP contribution is 2.22. The van der Waals surface area contributed by atoms with Gasteiger partial charge < -0.3 is 10.2 Å². The number of nitrogens with zero attached hydrogens (tertiary/aromatic N) is 4. The number of nitrogens with one attached hydrogen (secondary N) is 2. The predicted molar refractivity (Wildman–Crippen MR) is 132 cm³/mol. The number of amides is 2. The number of carbonyl (C=O) groups is 2. The third-order valence-electron chi connectivity index (χ3n) is 5.71. The Balaban J connectivity index is 1.24. The Labute approximate surface area is 205 Å². The van der Waals surface area contributed by atoms with Crippen molar-refractivity contribution in [2.45, 2.75) is 25.4 Å². The summed E-state index contributed by atoms with van der Waals surface area (Å²) in [7, 11) is 0. The Hall–Kier alpha value is -3.83. The van der Waals surface area contributed by atoms with Crippen LogP contribution in [0.25, 0.3) is 6.08 Å². The monoisotopic (exact) mass is 494 g/mol. The zero-order valence-corrected chi connectivity index (χ0v) is 19.7. The molecule has 4 rings (SSSR count). The van der Waals surface area contributed by atoms with E-state index in [1.165, 1.54) is 0 Å². The molecule has 11 heteroatoms. The van der Waals surface area contributed by atoms with Gasteiger partial charge in [-0.2, -0.15) is 0 Å². The first-order valence-electron chi connectivity index (χ1n) is 11.2. The van der Waals surface area contributed by atoms with E-state index in [0.29, 0.717) is 30.0 Å². The van der Waals surface area contributed by atoms with E-state index in [9.17, 15) is 13.8 Å². The summed E-state index contributed by atoms with van der Waals surface area (Å²) in [6.45, 7) is 1.51. The number of anilines is 1. The summed E-state index contributed by atoms with van der Waals surface area (Å²) in [5, 5.41) is 11.2. The lowest BCUT2D eigenvalue weighted by Gasteiger charge is -2.31. The van der Waals surface area contributed by atoms with Crippen molar-refractivity contribution in [1.29, 1.82) is 0 Å². The number of hydrogen-bond donors (Lipinski definition) is 3. The van der Waals surface area contributed by atoms with Gasteiger partial charge in [0.15, 0.2) is 0 Å². The van der Waals surface area contributed by atoms with Crippen molar-refractivity contribution < 1.29 is 18.4 Å². The standard InChI is InChI=1S/C24H26N6O4S/c31-23(11-6-18-4-2-1-3-5-18)29-14-12-22(13-15-29)30-17-21(26-28-30)16-25-24(32)19-7-9-20(10-8-19)27-35(33)34/h1-11,17,22,27H,12-16H2,(H,25,32)(H,33,34)/b11-6+. The highest BCUT2D eigenvalue weighted by atomic mass is 32.2. The fraction of sp³-hybridized carbons (Fsp3) is 0.250.